The minimum absolute atomic E-state index is 0.128. The lowest BCUT2D eigenvalue weighted by Crippen LogP contribution is -2.18. The molecule has 0 saturated heterocycles. The molecule has 19 heavy (non-hydrogen) atoms. The van der Waals surface area contributed by atoms with Gasteiger partial charge >= 0.3 is 0 Å². The van der Waals surface area contributed by atoms with Crippen LogP contribution in [0.5, 0.6) is 5.75 Å². The van der Waals surface area contributed by atoms with E-state index in [1.54, 1.807) is 0 Å². The van der Waals surface area contributed by atoms with Gasteiger partial charge in [0.2, 0.25) is 15.9 Å². The highest BCUT2D eigenvalue weighted by Gasteiger charge is 2.16. The Morgan fingerprint density at radius 3 is 2.68 bits per heavy atom. The number of halogens is 1. The second-order valence-corrected chi connectivity index (χ2v) is 5.66. The van der Waals surface area contributed by atoms with Crippen LogP contribution in [0, 0.1) is 0 Å². The molecule has 106 valence electrons. The van der Waals surface area contributed by atoms with Gasteiger partial charge in [0.25, 0.3) is 0 Å². The van der Waals surface area contributed by atoms with Crippen molar-refractivity contribution in [3.8, 4) is 5.75 Å². The van der Waals surface area contributed by atoms with Crippen molar-refractivity contribution in [2.75, 3.05) is 18.3 Å². The number of amides is 1. The molecule has 0 aliphatic rings. The van der Waals surface area contributed by atoms with Crippen molar-refractivity contribution in [3.05, 3.63) is 18.2 Å². The standard InChI is InChI=1S/C11H15ClN2O4S/c1-18-8-4-5-9(10(7-8)19(13,16)17)14-11(15)3-2-6-12/h4-5,7H,2-3,6H2,1H3,(H,14,15)(H2,13,16,17). The van der Waals surface area contributed by atoms with Crippen LogP contribution in [0.25, 0.3) is 0 Å². The van der Waals surface area contributed by atoms with Gasteiger partial charge in [0.15, 0.2) is 0 Å². The van der Waals surface area contributed by atoms with Gasteiger partial charge in [-0.05, 0) is 18.6 Å². The van der Waals surface area contributed by atoms with E-state index in [1.807, 2.05) is 0 Å². The fraction of sp³-hybridized carbons (Fsp3) is 0.364. The zero-order valence-corrected chi connectivity index (χ0v) is 11.9. The van der Waals surface area contributed by atoms with Crippen LogP contribution >= 0.6 is 11.6 Å². The fourth-order valence-corrected chi connectivity index (χ4v) is 2.25. The number of carbonyl (C=O) groups is 1. The molecule has 0 atom stereocenters. The zero-order valence-electron chi connectivity index (χ0n) is 10.3. The maximum Gasteiger partial charge on any atom is 0.240 e. The predicted octanol–water partition coefficient (Wildman–Crippen LogP) is 1.30. The quantitative estimate of drug-likeness (QED) is 0.774. The summed E-state index contributed by atoms with van der Waals surface area (Å²) in [6, 6.07) is 4.22. The van der Waals surface area contributed by atoms with Crippen LogP contribution in [0.3, 0.4) is 0 Å². The smallest absolute Gasteiger partial charge is 0.240 e. The minimum Gasteiger partial charge on any atom is -0.497 e. The summed E-state index contributed by atoms with van der Waals surface area (Å²) in [6.07, 6.45) is 0.716. The molecule has 6 nitrogen and oxygen atoms in total. The highest BCUT2D eigenvalue weighted by molar-refractivity contribution is 7.89. The third-order valence-corrected chi connectivity index (χ3v) is 3.52. The summed E-state index contributed by atoms with van der Waals surface area (Å²) in [4.78, 5) is 11.4. The van der Waals surface area contributed by atoms with Gasteiger partial charge in [0.05, 0.1) is 12.8 Å². The highest BCUT2D eigenvalue weighted by Crippen LogP contribution is 2.25. The summed E-state index contributed by atoms with van der Waals surface area (Å²) in [7, 11) is -2.55. The number of nitrogens with two attached hydrogens (primary N) is 1. The summed E-state index contributed by atoms with van der Waals surface area (Å²) in [5.74, 6) is 0.372. The number of carbonyl (C=O) groups excluding carboxylic acids is 1. The number of hydrogen-bond acceptors (Lipinski definition) is 4. The topological polar surface area (TPSA) is 98.5 Å². The van der Waals surface area contributed by atoms with Crippen LogP contribution in [0.15, 0.2) is 23.1 Å². The van der Waals surface area contributed by atoms with Gasteiger partial charge in [-0.15, -0.1) is 11.6 Å². The van der Waals surface area contributed by atoms with Gasteiger partial charge in [-0.3, -0.25) is 4.79 Å². The predicted molar refractivity (Wildman–Crippen MR) is 73.0 cm³/mol. The van der Waals surface area contributed by atoms with Crippen molar-refractivity contribution in [2.24, 2.45) is 5.14 Å². The summed E-state index contributed by atoms with van der Waals surface area (Å²) in [6.45, 7) is 0. The molecule has 1 rings (SSSR count). The fourth-order valence-electron chi connectivity index (χ4n) is 1.41. The monoisotopic (exact) mass is 306 g/mol. The number of nitrogens with one attached hydrogen (secondary N) is 1. The van der Waals surface area contributed by atoms with Crippen LogP contribution in [-0.2, 0) is 14.8 Å². The number of alkyl halides is 1. The van der Waals surface area contributed by atoms with Crippen molar-refractivity contribution in [1.82, 2.24) is 0 Å². The van der Waals surface area contributed by atoms with Crippen LogP contribution in [0.2, 0.25) is 0 Å². The molecule has 0 saturated carbocycles. The first-order valence-corrected chi connectivity index (χ1v) is 7.53. The van der Waals surface area contributed by atoms with Crippen molar-refractivity contribution < 1.29 is 17.9 Å². The van der Waals surface area contributed by atoms with E-state index < -0.39 is 10.0 Å². The summed E-state index contributed by atoms with van der Waals surface area (Å²) in [5, 5.41) is 7.59. The maximum atomic E-state index is 11.6. The largest absolute Gasteiger partial charge is 0.497 e. The number of ether oxygens (including phenoxy) is 1. The van der Waals surface area contributed by atoms with Gasteiger partial charge in [-0.25, -0.2) is 13.6 Å². The van der Waals surface area contributed by atoms with Crippen LogP contribution in [0.4, 0.5) is 5.69 Å². The number of rotatable bonds is 6. The van der Waals surface area contributed by atoms with Gasteiger partial charge in [0, 0.05) is 18.4 Å². The van der Waals surface area contributed by atoms with Crippen molar-refractivity contribution in [2.45, 2.75) is 17.7 Å². The molecule has 8 heteroatoms. The zero-order chi connectivity index (χ0) is 14.5. The van der Waals surface area contributed by atoms with Crippen LogP contribution in [-0.4, -0.2) is 27.3 Å². The van der Waals surface area contributed by atoms with E-state index in [1.165, 1.54) is 25.3 Å². The van der Waals surface area contributed by atoms with E-state index >= 15 is 0 Å². The lowest BCUT2D eigenvalue weighted by atomic mass is 10.2. The molecule has 0 unspecified atom stereocenters. The number of primary sulfonamides is 1. The number of sulfonamides is 1. The minimum atomic E-state index is -3.95. The van der Waals surface area contributed by atoms with Gasteiger partial charge in [0.1, 0.15) is 10.6 Å². The third-order valence-electron chi connectivity index (χ3n) is 2.31. The molecule has 0 spiro atoms. The molecule has 0 bridgehead atoms. The normalized spacial score (nSPS) is 11.1. The molecule has 1 aromatic carbocycles. The highest BCUT2D eigenvalue weighted by atomic mass is 35.5. The van der Waals surface area contributed by atoms with E-state index in [9.17, 15) is 13.2 Å². The molecule has 0 fully saturated rings. The lowest BCUT2D eigenvalue weighted by Gasteiger charge is -2.11. The van der Waals surface area contributed by atoms with Crippen molar-refractivity contribution in [3.63, 3.8) is 0 Å². The SMILES string of the molecule is COc1ccc(NC(=O)CCCCl)c(S(N)(=O)=O)c1. The first kappa shape index (κ1) is 15.7. The first-order valence-electron chi connectivity index (χ1n) is 5.45. The lowest BCUT2D eigenvalue weighted by molar-refractivity contribution is -0.116. The van der Waals surface area contributed by atoms with Crippen LogP contribution in [0.1, 0.15) is 12.8 Å². The molecule has 0 aliphatic heterocycles. The third kappa shape index (κ3) is 4.70. The molecule has 3 N–H and O–H groups in total. The van der Waals surface area contributed by atoms with Crippen molar-refractivity contribution >= 4 is 33.2 Å². The Morgan fingerprint density at radius 1 is 1.47 bits per heavy atom. The van der Waals surface area contributed by atoms with E-state index in [0.29, 0.717) is 18.1 Å². The van der Waals surface area contributed by atoms with E-state index in [0.717, 1.165) is 0 Å². The Bertz CT molecular complexity index is 560. The average Bonchev–Trinajstić information content (AvgIpc) is 2.35. The molecule has 0 aliphatic carbocycles. The van der Waals surface area contributed by atoms with E-state index in [2.05, 4.69) is 5.32 Å². The molecule has 0 aromatic heterocycles. The molecule has 0 radical (unpaired) electrons. The molecular weight excluding hydrogens is 292 g/mol. The molecular formula is C11H15ClN2O4S. The Hall–Kier alpha value is -1.31. The second kappa shape index (κ2) is 6.74. The molecule has 0 heterocycles. The van der Waals surface area contributed by atoms with Gasteiger partial charge < -0.3 is 10.1 Å². The summed E-state index contributed by atoms with van der Waals surface area (Å²) >= 11 is 5.48. The molecule has 1 aromatic rings. The number of anilines is 1. The van der Waals surface area contributed by atoms with Gasteiger partial charge in [-0.2, -0.15) is 0 Å². The first-order chi connectivity index (χ1) is 8.88. The Kier molecular flexibility index (Phi) is 5.59. The van der Waals surface area contributed by atoms with Crippen molar-refractivity contribution in [1.29, 1.82) is 0 Å². The number of benzene rings is 1. The Labute approximate surface area is 116 Å². The maximum absolute atomic E-state index is 11.6. The summed E-state index contributed by atoms with van der Waals surface area (Å²) < 4.78 is 27.9. The average molecular weight is 307 g/mol. The second-order valence-electron chi connectivity index (χ2n) is 3.75. The van der Waals surface area contributed by atoms with E-state index in [-0.39, 0.29) is 22.9 Å². The Morgan fingerprint density at radius 2 is 2.16 bits per heavy atom. The Balaban J connectivity index is 3.03. The van der Waals surface area contributed by atoms with Crippen LogP contribution < -0.4 is 15.2 Å². The number of hydrogen-bond donors (Lipinski definition) is 2. The number of methoxy groups -OCH3 is 1. The summed E-state index contributed by atoms with van der Waals surface area (Å²) in [5.41, 5.74) is 0.128. The van der Waals surface area contributed by atoms with E-state index in [4.69, 9.17) is 21.5 Å². The van der Waals surface area contributed by atoms with Gasteiger partial charge in [-0.1, -0.05) is 0 Å². The molecule has 1 amide bonds.